The highest BCUT2D eigenvalue weighted by molar-refractivity contribution is 7.17. The van der Waals surface area contributed by atoms with Gasteiger partial charge in [-0.05, 0) is 50.6 Å². The van der Waals surface area contributed by atoms with Crippen molar-refractivity contribution in [3.8, 4) is 28.0 Å². The standard InChI is InChI=1S/C28H27ClN6O2S/c1-15-24(38-26(33-15)25-31-9-4-10-32-25)27(36)35-13-19-20(14-35)23(19)37-22-12-17(28(2,3)30)11-21(34-22)16-5-7-18(29)8-6-16/h4-12,19-20,23H,13-14,30H2,1-3H3/t19-,20+,23?. The van der Waals surface area contributed by atoms with E-state index in [2.05, 4.69) is 15.0 Å². The minimum Gasteiger partial charge on any atom is -0.474 e. The van der Waals surface area contributed by atoms with Crippen LogP contribution in [-0.2, 0) is 5.54 Å². The minimum absolute atomic E-state index is 0.00293. The van der Waals surface area contributed by atoms with Crippen LogP contribution in [0.3, 0.4) is 0 Å². The molecule has 1 aliphatic heterocycles. The molecule has 10 heteroatoms. The van der Waals surface area contributed by atoms with Crippen LogP contribution in [0.4, 0.5) is 0 Å². The average Bonchev–Trinajstić information content (AvgIpc) is 3.22. The third-order valence-electron chi connectivity index (χ3n) is 7.09. The number of aromatic nitrogens is 4. The topological polar surface area (TPSA) is 107 Å². The lowest BCUT2D eigenvalue weighted by Crippen LogP contribution is -2.33. The lowest BCUT2D eigenvalue weighted by Gasteiger charge is -2.22. The molecular weight excluding hydrogens is 520 g/mol. The summed E-state index contributed by atoms with van der Waals surface area (Å²) in [5, 5.41) is 1.32. The molecule has 3 atom stereocenters. The number of thiazole rings is 1. The van der Waals surface area contributed by atoms with E-state index in [-0.39, 0.29) is 23.8 Å². The molecule has 1 unspecified atom stereocenters. The lowest BCUT2D eigenvalue weighted by molar-refractivity contribution is 0.0755. The molecule has 1 saturated heterocycles. The lowest BCUT2D eigenvalue weighted by atomic mass is 9.95. The number of likely N-dealkylation sites (tertiary alicyclic amines) is 1. The first-order chi connectivity index (χ1) is 18.2. The molecule has 2 N–H and O–H groups in total. The smallest absolute Gasteiger partial charge is 0.265 e. The highest BCUT2D eigenvalue weighted by Gasteiger charge is 2.59. The van der Waals surface area contributed by atoms with Crippen molar-refractivity contribution in [3.63, 3.8) is 0 Å². The Kier molecular flexibility index (Phi) is 6.17. The summed E-state index contributed by atoms with van der Waals surface area (Å²) < 4.78 is 6.38. The van der Waals surface area contributed by atoms with E-state index in [1.165, 1.54) is 11.3 Å². The second-order valence-electron chi connectivity index (χ2n) is 10.4. The van der Waals surface area contributed by atoms with Crippen molar-refractivity contribution in [2.75, 3.05) is 13.1 Å². The first kappa shape index (κ1) is 24.9. The molecule has 3 aromatic heterocycles. The molecule has 2 aliphatic rings. The predicted molar refractivity (Wildman–Crippen MR) is 147 cm³/mol. The number of hydrogen-bond donors (Lipinski definition) is 1. The van der Waals surface area contributed by atoms with Crippen LogP contribution in [0.15, 0.2) is 54.9 Å². The van der Waals surface area contributed by atoms with Gasteiger partial charge in [-0.15, -0.1) is 11.3 Å². The maximum absolute atomic E-state index is 13.3. The van der Waals surface area contributed by atoms with Gasteiger partial charge in [-0.2, -0.15) is 0 Å². The number of nitrogens with two attached hydrogens (primary N) is 1. The average molecular weight is 547 g/mol. The fourth-order valence-corrected chi connectivity index (χ4v) is 6.01. The van der Waals surface area contributed by atoms with E-state index in [9.17, 15) is 4.79 Å². The first-order valence-electron chi connectivity index (χ1n) is 12.5. The van der Waals surface area contributed by atoms with Crippen LogP contribution < -0.4 is 10.5 Å². The monoisotopic (exact) mass is 546 g/mol. The van der Waals surface area contributed by atoms with Crippen molar-refractivity contribution in [2.24, 2.45) is 17.6 Å². The third-order valence-corrected chi connectivity index (χ3v) is 8.49. The van der Waals surface area contributed by atoms with E-state index in [1.54, 1.807) is 18.5 Å². The molecule has 0 bridgehead atoms. The second kappa shape index (κ2) is 9.41. The summed E-state index contributed by atoms with van der Waals surface area (Å²) in [6.07, 6.45) is 3.37. The number of nitrogens with zero attached hydrogens (tertiary/aromatic N) is 5. The van der Waals surface area contributed by atoms with Crippen LogP contribution in [0.2, 0.25) is 5.02 Å². The summed E-state index contributed by atoms with van der Waals surface area (Å²) in [5.41, 5.74) is 9.25. The number of aryl methyl sites for hydroxylation is 1. The van der Waals surface area contributed by atoms with E-state index in [0.29, 0.717) is 45.4 Å². The number of amides is 1. The van der Waals surface area contributed by atoms with Gasteiger partial charge in [0.05, 0.1) is 11.4 Å². The zero-order chi connectivity index (χ0) is 26.6. The van der Waals surface area contributed by atoms with Crippen molar-refractivity contribution in [3.05, 3.63) is 76.0 Å². The number of halogens is 1. The van der Waals surface area contributed by atoms with E-state index in [0.717, 1.165) is 16.8 Å². The largest absolute Gasteiger partial charge is 0.474 e. The zero-order valence-corrected chi connectivity index (χ0v) is 22.8. The molecule has 1 aromatic carbocycles. The molecule has 0 spiro atoms. The predicted octanol–water partition coefficient (Wildman–Crippen LogP) is 4.97. The summed E-state index contributed by atoms with van der Waals surface area (Å²) in [4.78, 5) is 33.7. The molecule has 6 rings (SSSR count). The number of piperidine rings is 1. The van der Waals surface area contributed by atoms with Crippen LogP contribution in [0.5, 0.6) is 5.88 Å². The molecule has 194 valence electrons. The van der Waals surface area contributed by atoms with Gasteiger partial charge in [0.15, 0.2) is 10.8 Å². The summed E-state index contributed by atoms with van der Waals surface area (Å²) in [6.45, 7) is 7.08. The Morgan fingerprint density at radius 2 is 1.79 bits per heavy atom. The van der Waals surface area contributed by atoms with Crippen molar-refractivity contribution < 1.29 is 9.53 Å². The molecule has 1 aliphatic carbocycles. The van der Waals surface area contributed by atoms with Gasteiger partial charge in [0.2, 0.25) is 5.88 Å². The van der Waals surface area contributed by atoms with Crippen molar-refractivity contribution >= 4 is 28.8 Å². The number of rotatable bonds is 6. The van der Waals surface area contributed by atoms with Crippen molar-refractivity contribution in [2.45, 2.75) is 32.4 Å². The quantitative estimate of drug-likeness (QED) is 0.364. The summed E-state index contributed by atoms with van der Waals surface area (Å²) in [6, 6.07) is 13.2. The number of pyridine rings is 1. The minimum atomic E-state index is -0.554. The third kappa shape index (κ3) is 4.77. The number of fused-ring (bicyclic) bond motifs is 1. The van der Waals surface area contributed by atoms with E-state index in [4.69, 9.17) is 27.1 Å². The van der Waals surface area contributed by atoms with Gasteiger partial charge in [-0.25, -0.2) is 19.9 Å². The van der Waals surface area contributed by atoms with Gasteiger partial charge in [-0.3, -0.25) is 4.79 Å². The fourth-order valence-electron chi connectivity index (χ4n) is 4.90. The molecule has 8 nitrogen and oxygen atoms in total. The van der Waals surface area contributed by atoms with Crippen LogP contribution in [0, 0.1) is 18.8 Å². The second-order valence-corrected chi connectivity index (χ2v) is 11.9. The van der Waals surface area contributed by atoms with Gasteiger partial charge in [-0.1, -0.05) is 23.7 Å². The maximum atomic E-state index is 13.3. The van der Waals surface area contributed by atoms with Crippen LogP contribution in [0.25, 0.3) is 22.1 Å². The first-order valence-corrected chi connectivity index (χ1v) is 13.6. The van der Waals surface area contributed by atoms with Gasteiger partial charge in [0, 0.05) is 59.5 Å². The highest BCUT2D eigenvalue weighted by atomic mass is 35.5. The Morgan fingerprint density at radius 1 is 1.11 bits per heavy atom. The Morgan fingerprint density at radius 3 is 2.45 bits per heavy atom. The van der Waals surface area contributed by atoms with Gasteiger partial charge in [0.25, 0.3) is 5.91 Å². The van der Waals surface area contributed by atoms with Crippen LogP contribution >= 0.6 is 22.9 Å². The Bertz CT molecular complexity index is 1490. The molecule has 4 aromatic rings. The molecule has 1 amide bonds. The Hall–Kier alpha value is -3.40. The SMILES string of the molecule is Cc1nc(-c2ncccn2)sc1C(=O)N1C[C@@H]2C(Oc3cc(C(C)(C)N)cc(-c4ccc(Cl)cc4)n3)[C@@H]2C1. The van der Waals surface area contributed by atoms with Crippen molar-refractivity contribution in [1.82, 2.24) is 24.8 Å². The van der Waals surface area contributed by atoms with Crippen molar-refractivity contribution in [1.29, 1.82) is 0 Å². The van der Waals surface area contributed by atoms with Gasteiger partial charge < -0.3 is 15.4 Å². The highest BCUT2D eigenvalue weighted by Crippen LogP contribution is 2.48. The van der Waals surface area contributed by atoms with E-state index in [1.807, 2.05) is 62.1 Å². The van der Waals surface area contributed by atoms with Crippen LogP contribution in [0.1, 0.15) is 34.8 Å². The van der Waals surface area contributed by atoms with E-state index < -0.39 is 5.54 Å². The Labute approximate surface area is 229 Å². The molecule has 38 heavy (non-hydrogen) atoms. The normalized spacial score (nSPS) is 20.3. The number of hydrogen-bond acceptors (Lipinski definition) is 8. The summed E-state index contributed by atoms with van der Waals surface area (Å²) in [5.74, 6) is 1.64. The number of carbonyl (C=O) groups is 1. The molecule has 0 radical (unpaired) electrons. The van der Waals surface area contributed by atoms with Gasteiger partial charge >= 0.3 is 0 Å². The number of carbonyl (C=O) groups excluding carboxylic acids is 1. The van der Waals surface area contributed by atoms with E-state index >= 15 is 0 Å². The summed E-state index contributed by atoms with van der Waals surface area (Å²) in [7, 11) is 0. The molecule has 1 saturated carbocycles. The molecule has 2 fully saturated rings. The fraction of sp³-hybridized carbons (Fsp3) is 0.321. The molecular formula is C28H27ClN6O2S. The zero-order valence-electron chi connectivity index (χ0n) is 21.3. The Balaban J connectivity index is 1.16. The number of ether oxygens (including phenoxy) is 1. The maximum Gasteiger partial charge on any atom is 0.265 e. The van der Waals surface area contributed by atoms with Crippen LogP contribution in [-0.4, -0.2) is 49.9 Å². The summed E-state index contributed by atoms with van der Waals surface area (Å²) >= 11 is 7.42. The van der Waals surface area contributed by atoms with Gasteiger partial charge in [0.1, 0.15) is 11.0 Å². The number of benzene rings is 1. The molecule has 4 heterocycles.